The summed E-state index contributed by atoms with van der Waals surface area (Å²) in [5.41, 5.74) is 2.67. The standard InChI is InChI=1S/C20H24ClN5O4/c1-12-10-13(2)26(24-12)14(3)19(28)23-17-5-4-15(11-16(17)21)22-18(27)6-7-25-8-9-30-20(25)29/h4-5,10-11,14H,6-9H2,1-3H3,(H,22,27)(H,23,28). The van der Waals surface area contributed by atoms with Crippen LogP contribution in [-0.2, 0) is 14.3 Å². The molecule has 2 heterocycles. The van der Waals surface area contributed by atoms with Gasteiger partial charge in [-0.1, -0.05) is 11.6 Å². The van der Waals surface area contributed by atoms with Crippen molar-refractivity contribution in [3.63, 3.8) is 0 Å². The fraction of sp³-hybridized carbons (Fsp3) is 0.400. The van der Waals surface area contributed by atoms with E-state index in [1.165, 1.54) is 4.90 Å². The van der Waals surface area contributed by atoms with Crippen molar-refractivity contribution in [1.82, 2.24) is 14.7 Å². The highest BCUT2D eigenvalue weighted by molar-refractivity contribution is 6.34. The number of hydrogen-bond donors (Lipinski definition) is 2. The lowest BCUT2D eigenvalue weighted by atomic mass is 10.2. The third kappa shape index (κ3) is 5.10. The molecule has 0 bridgehead atoms. The van der Waals surface area contributed by atoms with Crippen LogP contribution < -0.4 is 10.6 Å². The summed E-state index contributed by atoms with van der Waals surface area (Å²) in [6, 6.07) is 6.24. The summed E-state index contributed by atoms with van der Waals surface area (Å²) in [6.45, 7) is 6.64. The second-order valence-corrected chi connectivity index (χ2v) is 7.54. The number of hydrogen-bond acceptors (Lipinski definition) is 5. The summed E-state index contributed by atoms with van der Waals surface area (Å²) >= 11 is 6.28. The highest BCUT2D eigenvalue weighted by Crippen LogP contribution is 2.26. The molecule has 1 fully saturated rings. The Bertz CT molecular complexity index is 974. The number of aromatic nitrogens is 2. The highest BCUT2D eigenvalue weighted by atomic mass is 35.5. The third-order valence-electron chi connectivity index (χ3n) is 4.76. The molecule has 10 heteroatoms. The zero-order valence-corrected chi connectivity index (χ0v) is 17.8. The van der Waals surface area contributed by atoms with E-state index in [4.69, 9.17) is 16.3 Å². The average Bonchev–Trinajstić information content (AvgIpc) is 3.25. The Morgan fingerprint density at radius 3 is 2.63 bits per heavy atom. The Balaban J connectivity index is 1.56. The van der Waals surface area contributed by atoms with Gasteiger partial charge in [0.2, 0.25) is 11.8 Å². The molecular formula is C20H24ClN5O4. The average molecular weight is 434 g/mol. The van der Waals surface area contributed by atoms with Gasteiger partial charge < -0.3 is 20.3 Å². The SMILES string of the molecule is Cc1cc(C)n(C(C)C(=O)Nc2ccc(NC(=O)CCN3CCOC3=O)cc2Cl)n1. The molecule has 1 saturated heterocycles. The summed E-state index contributed by atoms with van der Waals surface area (Å²) in [6.07, 6.45) is -0.258. The van der Waals surface area contributed by atoms with Gasteiger partial charge in [0.15, 0.2) is 0 Å². The maximum Gasteiger partial charge on any atom is 0.409 e. The number of amides is 3. The smallest absolute Gasteiger partial charge is 0.409 e. The zero-order chi connectivity index (χ0) is 21.8. The van der Waals surface area contributed by atoms with Crippen LogP contribution in [-0.4, -0.2) is 52.3 Å². The largest absolute Gasteiger partial charge is 0.448 e. The molecule has 30 heavy (non-hydrogen) atoms. The minimum Gasteiger partial charge on any atom is -0.448 e. The van der Waals surface area contributed by atoms with E-state index in [0.29, 0.717) is 29.5 Å². The molecule has 0 aliphatic carbocycles. The molecule has 9 nitrogen and oxygen atoms in total. The number of rotatable bonds is 7. The fourth-order valence-electron chi connectivity index (χ4n) is 3.17. The number of ether oxygens (including phenoxy) is 1. The number of nitrogens with one attached hydrogen (secondary N) is 2. The van der Waals surface area contributed by atoms with Crippen molar-refractivity contribution in [3.8, 4) is 0 Å². The summed E-state index contributed by atoms with van der Waals surface area (Å²) < 4.78 is 6.48. The van der Waals surface area contributed by atoms with Crippen LogP contribution in [0.1, 0.15) is 30.8 Å². The van der Waals surface area contributed by atoms with Crippen LogP contribution in [0.5, 0.6) is 0 Å². The first-order valence-electron chi connectivity index (χ1n) is 9.59. The van der Waals surface area contributed by atoms with Crippen LogP contribution in [0.4, 0.5) is 16.2 Å². The summed E-state index contributed by atoms with van der Waals surface area (Å²) in [7, 11) is 0. The van der Waals surface area contributed by atoms with Crippen molar-refractivity contribution in [2.24, 2.45) is 0 Å². The van der Waals surface area contributed by atoms with E-state index in [9.17, 15) is 14.4 Å². The minimum absolute atomic E-state index is 0.144. The lowest BCUT2D eigenvalue weighted by molar-refractivity contribution is -0.119. The molecule has 2 aromatic rings. The topological polar surface area (TPSA) is 106 Å². The number of anilines is 2. The van der Waals surface area contributed by atoms with E-state index in [1.807, 2.05) is 19.9 Å². The van der Waals surface area contributed by atoms with Crippen LogP contribution in [0.25, 0.3) is 0 Å². The Morgan fingerprint density at radius 1 is 1.27 bits per heavy atom. The van der Waals surface area contributed by atoms with Crippen LogP contribution in [0.3, 0.4) is 0 Å². The molecular weight excluding hydrogens is 410 g/mol. The van der Waals surface area contributed by atoms with E-state index < -0.39 is 12.1 Å². The number of aryl methyl sites for hydroxylation is 2. The normalized spacial score (nSPS) is 14.4. The molecule has 160 valence electrons. The Hall–Kier alpha value is -3.07. The molecule has 1 aliphatic rings. The lowest BCUT2D eigenvalue weighted by Crippen LogP contribution is -2.28. The van der Waals surface area contributed by atoms with Gasteiger partial charge in [0, 0.05) is 24.3 Å². The Kier molecular flexibility index (Phi) is 6.61. The number of nitrogens with zero attached hydrogens (tertiary/aromatic N) is 3. The van der Waals surface area contributed by atoms with E-state index >= 15 is 0 Å². The van der Waals surface area contributed by atoms with Gasteiger partial charge in [0.05, 0.1) is 22.9 Å². The van der Waals surface area contributed by atoms with Gasteiger partial charge in [-0.25, -0.2) is 4.79 Å². The first kappa shape index (κ1) is 21.6. The van der Waals surface area contributed by atoms with Crippen LogP contribution in [0.15, 0.2) is 24.3 Å². The number of benzene rings is 1. The van der Waals surface area contributed by atoms with E-state index in [1.54, 1.807) is 29.8 Å². The van der Waals surface area contributed by atoms with Gasteiger partial charge in [-0.3, -0.25) is 14.3 Å². The third-order valence-corrected chi connectivity index (χ3v) is 5.07. The predicted octanol–water partition coefficient (Wildman–Crippen LogP) is 3.13. The van der Waals surface area contributed by atoms with Crippen molar-refractivity contribution in [2.45, 2.75) is 33.2 Å². The van der Waals surface area contributed by atoms with Crippen LogP contribution in [0, 0.1) is 13.8 Å². The molecule has 3 amide bonds. The van der Waals surface area contributed by atoms with Crippen molar-refractivity contribution in [2.75, 3.05) is 30.3 Å². The molecule has 1 aromatic carbocycles. The summed E-state index contributed by atoms with van der Waals surface area (Å²) in [5.74, 6) is -0.502. The molecule has 1 aromatic heterocycles. The van der Waals surface area contributed by atoms with Crippen molar-refractivity contribution >= 4 is 40.9 Å². The second-order valence-electron chi connectivity index (χ2n) is 7.13. The molecule has 0 radical (unpaired) electrons. The molecule has 0 spiro atoms. The first-order chi connectivity index (χ1) is 14.2. The summed E-state index contributed by atoms with van der Waals surface area (Å²) in [4.78, 5) is 37.6. The maximum atomic E-state index is 12.6. The monoisotopic (exact) mass is 433 g/mol. The van der Waals surface area contributed by atoms with E-state index in [-0.39, 0.29) is 24.8 Å². The molecule has 0 saturated carbocycles. The highest BCUT2D eigenvalue weighted by Gasteiger charge is 2.22. The quantitative estimate of drug-likeness (QED) is 0.697. The first-order valence-corrected chi connectivity index (χ1v) is 9.97. The van der Waals surface area contributed by atoms with Crippen molar-refractivity contribution < 1.29 is 19.1 Å². The number of halogens is 1. The Morgan fingerprint density at radius 2 is 2.03 bits per heavy atom. The minimum atomic E-state index is -0.508. The zero-order valence-electron chi connectivity index (χ0n) is 17.1. The van der Waals surface area contributed by atoms with E-state index in [0.717, 1.165) is 11.4 Å². The fourth-order valence-corrected chi connectivity index (χ4v) is 3.40. The summed E-state index contributed by atoms with van der Waals surface area (Å²) in [5, 5.41) is 10.2. The second kappa shape index (κ2) is 9.17. The van der Waals surface area contributed by atoms with Crippen LogP contribution >= 0.6 is 11.6 Å². The van der Waals surface area contributed by atoms with Gasteiger partial charge in [-0.2, -0.15) is 5.10 Å². The molecule has 2 N–H and O–H groups in total. The lowest BCUT2D eigenvalue weighted by Gasteiger charge is -2.16. The number of carbonyl (C=O) groups excluding carboxylic acids is 3. The molecule has 1 unspecified atom stereocenters. The maximum absolute atomic E-state index is 12.6. The van der Waals surface area contributed by atoms with Crippen molar-refractivity contribution in [1.29, 1.82) is 0 Å². The number of carbonyl (C=O) groups is 3. The van der Waals surface area contributed by atoms with Gasteiger partial charge in [0.1, 0.15) is 12.6 Å². The number of cyclic esters (lactones) is 1. The van der Waals surface area contributed by atoms with Gasteiger partial charge in [-0.05, 0) is 45.0 Å². The molecule has 3 rings (SSSR count). The molecule has 1 aliphatic heterocycles. The van der Waals surface area contributed by atoms with Gasteiger partial charge in [0.25, 0.3) is 0 Å². The van der Waals surface area contributed by atoms with Crippen molar-refractivity contribution in [3.05, 3.63) is 40.7 Å². The Labute approximate surface area is 179 Å². The van der Waals surface area contributed by atoms with E-state index in [2.05, 4.69) is 15.7 Å². The van der Waals surface area contributed by atoms with Crippen LogP contribution in [0.2, 0.25) is 5.02 Å². The van der Waals surface area contributed by atoms with Gasteiger partial charge >= 0.3 is 6.09 Å². The van der Waals surface area contributed by atoms with Gasteiger partial charge in [-0.15, -0.1) is 0 Å². The predicted molar refractivity (Wildman–Crippen MR) is 113 cm³/mol. The molecule has 1 atom stereocenters.